The highest BCUT2D eigenvalue weighted by Crippen LogP contribution is 2.00. The quantitative estimate of drug-likeness (QED) is 0.467. The molecule has 0 aromatic heterocycles. The van der Waals surface area contributed by atoms with Gasteiger partial charge in [-0.05, 0) is 13.0 Å². The van der Waals surface area contributed by atoms with Crippen LogP contribution in [0.1, 0.15) is 20.8 Å². The summed E-state index contributed by atoms with van der Waals surface area (Å²) < 4.78 is 10.1. The molecule has 0 radical (unpaired) electrons. The summed E-state index contributed by atoms with van der Waals surface area (Å²) in [5.74, 6) is 0.328. The molecular weight excluding hydrogens is 206 g/mol. The molecular formula is C12H25NO3. The normalized spacial score (nSPS) is 13.2. The first kappa shape index (κ1) is 15.4. The first-order valence-electron chi connectivity index (χ1n) is 5.81. The van der Waals surface area contributed by atoms with E-state index in [0.717, 1.165) is 13.2 Å². The average Bonchev–Trinajstić information content (AvgIpc) is 2.22. The number of hydrogen-bond acceptors (Lipinski definition) is 4. The molecule has 0 aromatic carbocycles. The van der Waals surface area contributed by atoms with Gasteiger partial charge in [0.1, 0.15) is 0 Å². The van der Waals surface area contributed by atoms with E-state index in [0.29, 0.717) is 19.1 Å². The highest BCUT2D eigenvalue weighted by atomic mass is 16.5. The number of hydrogen-bond donors (Lipinski definition) is 0. The van der Waals surface area contributed by atoms with Crippen LogP contribution in [-0.4, -0.2) is 51.3 Å². The Morgan fingerprint density at radius 3 is 2.44 bits per heavy atom. The van der Waals surface area contributed by atoms with E-state index in [1.807, 2.05) is 14.0 Å². The Bertz CT molecular complexity index is 195. The van der Waals surface area contributed by atoms with Crippen molar-refractivity contribution in [3.63, 3.8) is 0 Å². The average molecular weight is 231 g/mol. The molecule has 1 unspecified atom stereocenters. The molecule has 0 amide bonds. The van der Waals surface area contributed by atoms with Crippen molar-refractivity contribution in [1.82, 2.24) is 4.90 Å². The monoisotopic (exact) mass is 231 g/mol. The van der Waals surface area contributed by atoms with E-state index in [4.69, 9.17) is 4.74 Å². The molecule has 96 valence electrons. The van der Waals surface area contributed by atoms with Gasteiger partial charge < -0.3 is 14.4 Å². The molecule has 0 heterocycles. The van der Waals surface area contributed by atoms with Crippen LogP contribution in [0.2, 0.25) is 0 Å². The zero-order chi connectivity index (χ0) is 12.6. The molecule has 4 heteroatoms. The van der Waals surface area contributed by atoms with Gasteiger partial charge in [0, 0.05) is 19.7 Å². The first-order valence-corrected chi connectivity index (χ1v) is 5.81. The number of nitrogens with zero attached hydrogens (tertiary/aromatic N) is 1. The molecule has 0 saturated heterocycles. The van der Waals surface area contributed by atoms with E-state index in [1.165, 1.54) is 7.11 Å². The van der Waals surface area contributed by atoms with E-state index in [9.17, 15) is 4.79 Å². The Balaban J connectivity index is 3.58. The van der Waals surface area contributed by atoms with E-state index in [2.05, 4.69) is 23.5 Å². The second-order valence-corrected chi connectivity index (χ2v) is 4.66. The fourth-order valence-electron chi connectivity index (χ4n) is 1.37. The molecule has 0 aromatic rings. The molecule has 0 spiro atoms. The maximum Gasteiger partial charge on any atom is 0.309 e. The number of methoxy groups -OCH3 is 1. The van der Waals surface area contributed by atoms with Crippen LogP contribution >= 0.6 is 0 Å². The van der Waals surface area contributed by atoms with Gasteiger partial charge in [0.05, 0.1) is 19.6 Å². The lowest BCUT2D eigenvalue weighted by molar-refractivity contribution is -0.145. The van der Waals surface area contributed by atoms with Gasteiger partial charge in [-0.2, -0.15) is 0 Å². The van der Waals surface area contributed by atoms with Gasteiger partial charge in [-0.3, -0.25) is 4.79 Å². The van der Waals surface area contributed by atoms with Gasteiger partial charge in [-0.15, -0.1) is 0 Å². The molecule has 0 bridgehead atoms. The topological polar surface area (TPSA) is 38.8 Å². The maximum absolute atomic E-state index is 11.2. The third kappa shape index (κ3) is 7.65. The summed E-state index contributed by atoms with van der Waals surface area (Å²) in [5.41, 5.74) is 0. The molecule has 0 rings (SSSR count). The number of likely N-dealkylation sites (N-methyl/N-ethyl adjacent to an activating group) is 1. The van der Waals surface area contributed by atoms with Crippen LogP contribution in [0.4, 0.5) is 0 Å². The second-order valence-electron chi connectivity index (χ2n) is 4.66. The van der Waals surface area contributed by atoms with Crippen LogP contribution < -0.4 is 0 Å². The molecule has 0 aliphatic carbocycles. The van der Waals surface area contributed by atoms with Crippen molar-refractivity contribution in [3.05, 3.63) is 0 Å². The molecule has 4 nitrogen and oxygen atoms in total. The van der Waals surface area contributed by atoms with Gasteiger partial charge >= 0.3 is 5.97 Å². The lowest BCUT2D eigenvalue weighted by Gasteiger charge is -2.20. The number of ether oxygens (including phenoxy) is 2. The van der Waals surface area contributed by atoms with Gasteiger partial charge in [0.25, 0.3) is 0 Å². The molecule has 16 heavy (non-hydrogen) atoms. The number of esters is 1. The second kappa shape index (κ2) is 8.53. The first-order chi connectivity index (χ1) is 7.47. The predicted octanol–water partition coefficient (Wildman–Crippen LogP) is 1.40. The van der Waals surface area contributed by atoms with Gasteiger partial charge in [0.2, 0.25) is 0 Å². The highest BCUT2D eigenvalue weighted by molar-refractivity contribution is 5.71. The molecule has 0 aliphatic heterocycles. The van der Waals surface area contributed by atoms with Crippen molar-refractivity contribution in [2.75, 3.05) is 40.5 Å². The van der Waals surface area contributed by atoms with Crippen molar-refractivity contribution in [1.29, 1.82) is 0 Å². The minimum atomic E-state index is -0.157. The third-order valence-corrected chi connectivity index (χ3v) is 2.26. The summed E-state index contributed by atoms with van der Waals surface area (Å²) in [5, 5.41) is 0. The number of rotatable bonds is 8. The largest absolute Gasteiger partial charge is 0.469 e. The number of carbonyl (C=O) groups excluding carboxylic acids is 1. The fourth-order valence-corrected chi connectivity index (χ4v) is 1.37. The van der Waals surface area contributed by atoms with Crippen LogP contribution in [0.5, 0.6) is 0 Å². The Kier molecular flexibility index (Phi) is 8.21. The van der Waals surface area contributed by atoms with Crippen LogP contribution in [0.15, 0.2) is 0 Å². The molecule has 0 fully saturated rings. The highest BCUT2D eigenvalue weighted by Gasteiger charge is 2.14. The SMILES string of the molecule is COC(=O)C(C)CN(C)CCOCC(C)C. The zero-order valence-corrected chi connectivity index (χ0v) is 11.2. The predicted molar refractivity (Wildman–Crippen MR) is 64.3 cm³/mol. The van der Waals surface area contributed by atoms with Gasteiger partial charge in [0.15, 0.2) is 0 Å². The lowest BCUT2D eigenvalue weighted by Crippen LogP contribution is -2.32. The number of carbonyl (C=O) groups is 1. The Morgan fingerprint density at radius 2 is 1.94 bits per heavy atom. The van der Waals surface area contributed by atoms with Crippen molar-refractivity contribution >= 4 is 5.97 Å². The van der Waals surface area contributed by atoms with E-state index in [-0.39, 0.29) is 11.9 Å². The summed E-state index contributed by atoms with van der Waals surface area (Å²) in [6, 6.07) is 0. The fraction of sp³-hybridized carbons (Fsp3) is 0.917. The van der Waals surface area contributed by atoms with E-state index >= 15 is 0 Å². The summed E-state index contributed by atoms with van der Waals surface area (Å²) >= 11 is 0. The summed E-state index contributed by atoms with van der Waals surface area (Å²) in [4.78, 5) is 13.3. The van der Waals surface area contributed by atoms with Crippen molar-refractivity contribution in [2.24, 2.45) is 11.8 Å². The summed E-state index contributed by atoms with van der Waals surface area (Å²) in [6.07, 6.45) is 0. The van der Waals surface area contributed by atoms with E-state index in [1.54, 1.807) is 0 Å². The van der Waals surface area contributed by atoms with Crippen molar-refractivity contribution in [2.45, 2.75) is 20.8 Å². The van der Waals surface area contributed by atoms with Crippen molar-refractivity contribution < 1.29 is 14.3 Å². The smallest absolute Gasteiger partial charge is 0.309 e. The minimum Gasteiger partial charge on any atom is -0.469 e. The third-order valence-electron chi connectivity index (χ3n) is 2.26. The summed E-state index contributed by atoms with van der Waals surface area (Å²) in [6.45, 7) is 9.18. The Hall–Kier alpha value is -0.610. The molecule has 1 atom stereocenters. The van der Waals surface area contributed by atoms with Crippen LogP contribution in [0.3, 0.4) is 0 Å². The van der Waals surface area contributed by atoms with Crippen LogP contribution in [-0.2, 0) is 14.3 Å². The van der Waals surface area contributed by atoms with Crippen molar-refractivity contribution in [3.8, 4) is 0 Å². The minimum absolute atomic E-state index is 0.0832. The Labute approximate surface area is 98.9 Å². The van der Waals surface area contributed by atoms with Gasteiger partial charge in [-0.25, -0.2) is 0 Å². The summed E-state index contributed by atoms with van der Waals surface area (Å²) in [7, 11) is 3.41. The van der Waals surface area contributed by atoms with Crippen LogP contribution in [0, 0.1) is 11.8 Å². The van der Waals surface area contributed by atoms with Gasteiger partial charge in [-0.1, -0.05) is 20.8 Å². The van der Waals surface area contributed by atoms with E-state index < -0.39 is 0 Å². The van der Waals surface area contributed by atoms with Crippen LogP contribution in [0.25, 0.3) is 0 Å². The molecule has 0 aliphatic rings. The maximum atomic E-state index is 11.2. The zero-order valence-electron chi connectivity index (χ0n) is 11.2. The Morgan fingerprint density at radius 1 is 1.31 bits per heavy atom. The molecule has 0 saturated carbocycles. The standard InChI is InChI=1S/C12H25NO3/c1-10(2)9-16-7-6-13(4)8-11(3)12(14)15-5/h10-11H,6-9H2,1-5H3. The lowest BCUT2D eigenvalue weighted by atomic mass is 10.2. The molecule has 0 N–H and O–H groups in total.